The minimum atomic E-state index is -0.150. The lowest BCUT2D eigenvalue weighted by atomic mass is 10.1. The first-order valence-corrected chi connectivity index (χ1v) is 7.09. The van der Waals surface area contributed by atoms with Crippen molar-refractivity contribution in [2.75, 3.05) is 26.2 Å². The van der Waals surface area contributed by atoms with Gasteiger partial charge in [-0.25, -0.2) is 0 Å². The molecule has 0 spiro atoms. The Morgan fingerprint density at radius 2 is 1.67 bits per heavy atom. The number of nitrogens with zero attached hydrogens (tertiary/aromatic N) is 3. The lowest BCUT2D eigenvalue weighted by Gasteiger charge is -2.34. The SMILES string of the molecule is Cc1ccccc1CC(=O)N1CCN(C(=O)CC#N)CC1. The van der Waals surface area contributed by atoms with Crippen molar-refractivity contribution in [3.05, 3.63) is 35.4 Å². The van der Waals surface area contributed by atoms with Gasteiger partial charge in [0.2, 0.25) is 11.8 Å². The quantitative estimate of drug-likeness (QED) is 0.836. The van der Waals surface area contributed by atoms with E-state index in [2.05, 4.69) is 0 Å². The van der Waals surface area contributed by atoms with Gasteiger partial charge in [-0.3, -0.25) is 9.59 Å². The van der Waals surface area contributed by atoms with E-state index in [4.69, 9.17) is 5.26 Å². The molecule has 0 aliphatic carbocycles. The predicted octanol–water partition coefficient (Wildman–Crippen LogP) is 1.12. The monoisotopic (exact) mass is 285 g/mol. The summed E-state index contributed by atoms with van der Waals surface area (Å²) in [5.74, 6) is -0.0554. The third-order valence-corrected chi connectivity index (χ3v) is 3.82. The molecular formula is C16H19N3O2. The van der Waals surface area contributed by atoms with Crippen molar-refractivity contribution in [3.63, 3.8) is 0 Å². The maximum Gasteiger partial charge on any atom is 0.236 e. The van der Waals surface area contributed by atoms with Gasteiger partial charge in [-0.15, -0.1) is 0 Å². The van der Waals surface area contributed by atoms with Crippen LogP contribution in [0.4, 0.5) is 0 Å². The lowest BCUT2D eigenvalue weighted by Crippen LogP contribution is -2.50. The van der Waals surface area contributed by atoms with E-state index < -0.39 is 0 Å². The van der Waals surface area contributed by atoms with Crippen molar-refractivity contribution in [2.45, 2.75) is 19.8 Å². The maximum absolute atomic E-state index is 12.3. The Morgan fingerprint density at radius 3 is 2.24 bits per heavy atom. The molecule has 0 unspecified atom stereocenters. The number of rotatable bonds is 3. The van der Waals surface area contributed by atoms with Crippen LogP contribution in [0.15, 0.2) is 24.3 Å². The summed E-state index contributed by atoms with van der Waals surface area (Å²) >= 11 is 0. The zero-order valence-corrected chi connectivity index (χ0v) is 12.2. The summed E-state index contributed by atoms with van der Waals surface area (Å²) in [6, 6.07) is 9.74. The van der Waals surface area contributed by atoms with Crippen LogP contribution in [0.2, 0.25) is 0 Å². The summed E-state index contributed by atoms with van der Waals surface area (Å²) in [5, 5.41) is 8.54. The predicted molar refractivity (Wildman–Crippen MR) is 78.3 cm³/mol. The molecule has 0 radical (unpaired) electrons. The molecule has 1 aromatic rings. The van der Waals surface area contributed by atoms with E-state index in [0.717, 1.165) is 11.1 Å². The molecule has 110 valence electrons. The number of piperazine rings is 1. The second-order valence-corrected chi connectivity index (χ2v) is 5.20. The van der Waals surface area contributed by atoms with Crippen LogP contribution in [-0.2, 0) is 16.0 Å². The number of aryl methyl sites for hydroxylation is 1. The van der Waals surface area contributed by atoms with E-state index in [1.165, 1.54) is 0 Å². The fourth-order valence-corrected chi connectivity index (χ4v) is 2.47. The molecule has 1 saturated heterocycles. The summed E-state index contributed by atoms with van der Waals surface area (Å²) in [7, 11) is 0. The van der Waals surface area contributed by atoms with Gasteiger partial charge in [-0.1, -0.05) is 24.3 Å². The molecule has 0 aromatic heterocycles. The van der Waals surface area contributed by atoms with E-state index in [0.29, 0.717) is 32.6 Å². The molecule has 1 heterocycles. The molecule has 21 heavy (non-hydrogen) atoms. The number of carbonyl (C=O) groups excluding carboxylic acids is 2. The zero-order valence-electron chi connectivity index (χ0n) is 12.2. The van der Waals surface area contributed by atoms with Gasteiger partial charge in [0.25, 0.3) is 0 Å². The Bertz CT molecular complexity index is 569. The second-order valence-electron chi connectivity index (χ2n) is 5.20. The molecule has 5 nitrogen and oxygen atoms in total. The molecule has 2 amide bonds. The molecule has 1 aliphatic rings. The first-order valence-electron chi connectivity index (χ1n) is 7.09. The highest BCUT2D eigenvalue weighted by atomic mass is 16.2. The minimum Gasteiger partial charge on any atom is -0.339 e. The van der Waals surface area contributed by atoms with Gasteiger partial charge in [0.05, 0.1) is 12.5 Å². The maximum atomic E-state index is 12.3. The third-order valence-electron chi connectivity index (χ3n) is 3.82. The van der Waals surface area contributed by atoms with Crippen molar-refractivity contribution < 1.29 is 9.59 Å². The van der Waals surface area contributed by atoms with Crippen molar-refractivity contribution in [2.24, 2.45) is 0 Å². The third kappa shape index (κ3) is 3.82. The van der Waals surface area contributed by atoms with Crippen LogP contribution in [0.5, 0.6) is 0 Å². The van der Waals surface area contributed by atoms with Gasteiger partial charge in [0.15, 0.2) is 0 Å². The average Bonchev–Trinajstić information content (AvgIpc) is 2.50. The Hall–Kier alpha value is -2.35. The Labute approximate surface area is 124 Å². The van der Waals surface area contributed by atoms with Gasteiger partial charge >= 0.3 is 0 Å². The fraction of sp³-hybridized carbons (Fsp3) is 0.438. The summed E-state index contributed by atoms with van der Waals surface area (Å²) in [4.78, 5) is 27.4. The van der Waals surface area contributed by atoms with Crippen LogP contribution in [0.3, 0.4) is 0 Å². The second kappa shape index (κ2) is 6.89. The first-order chi connectivity index (χ1) is 10.1. The van der Waals surface area contributed by atoms with E-state index in [1.54, 1.807) is 9.80 Å². The largest absolute Gasteiger partial charge is 0.339 e. The average molecular weight is 285 g/mol. The van der Waals surface area contributed by atoms with E-state index in [1.807, 2.05) is 37.3 Å². The molecule has 5 heteroatoms. The number of carbonyl (C=O) groups is 2. The van der Waals surface area contributed by atoms with Gasteiger partial charge in [0.1, 0.15) is 6.42 Å². The summed E-state index contributed by atoms with van der Waals surface area (Å²) in [5.41, 5.74) is 2.17. The molecule has 1 fully saturated rings. The smallest absolute Gasteiger partial charge is 0.236 e. The zero-order chi connectivity index (χ0) is 15.2. The summed E-state index contributed by atoms with van der Waals surface area (Å²) in [6.07, 6.45) is 0.315. The van der Waals surface area contributed by atoms with Crippen LogP contribution in [0, 0.1) is 18.3 Å². The first kappa shape index (κ1) is 15.0. The lowest BCUT2D eigenvalue weighted by molar-refractivity contribution is -0.138. The van der Waals surface area contributed by atoms with Gasteiger partial charge in [-0.2, -0.15) is 5.26 Å². The number of amides is 2. The van der Waals surface area contributed by atoms with Crippen molar-refractivity contribution in [3.8, 4) is 6.07 Å². The topological polar surface area (TPSA) is 64.4 Å². The van der Waals surface area contributed by atoms with Crippen LogP contribution >= 0.6 is 0 Å². The Balaban J connectivity index is 1.88. The van der Waals surface area contributed by atoms with Crippen molar-refractivity contribution in [1.29, 1.82) is 5.26 Å². The molecule has 0 bridgehead atoms. The van der Waals surface area contributed by atoms with Crippen molar-refractivity contribution >= 4 is 11.8 Å². The summed E-state index contributed by atoms with van der Waals surface area (Å²) in [6.45, 7) is 4.12. The standard InChI is InChI=1S/C16H19N3O2/c1-13-4-2-3-5-14(13)12-16(21)19-10-8-18(9-11-19)15(20)6-7-17/h2-5H,6,8-12H2,1H3. The van der Waals surface area contributed by atoms with Crippen LogP contribution < -0.4 is 0 Å². The molecule has 0 atom stereocenters. The molecule has 0 N–H and O–H groups in total. The summed E-state index contributed by atoms with van der Waals surface area (Å²) < 4.78 is 0. The normalized spacial score (nSPS) is 14.7. The van der Waals surface area contributed by atoms with Crippen LogP contribution in [-0.4, -0.2) is 47.8 Å². The minimum absolute atomic E-state index is 0.0862. The van der Waals surface area contributed by atoms with E-state index >= 15 is 0 Å². The molecular weight excluding hydrogens is 266 g/mol. The van der Waals surface area contributed by atoms with Crippen molar-refractivity contribution in [1.82, 2.24) is 9.80 Å². The molecule has 0 saturated carbocycles. The molecule has 1 aromatic carbocycles. The highest BCUT2D eigenvalue weighted by molar-refractivity contribution is 5.81. The molecule has 2 rings (SSSR count). The van der Waals surface area contributed by atoms with Gasteiger partial charge < -0.3 is 9.80 Å². The van der Waals surface area contributed by atoms with E-state index in [-0.39, 0.29) is 18.2 Å². The number of hydrogen-bond acceptors (Lipinski definition) is 3. The number of nitriles is 1. The Kier molecular flexibility index (Phi) is 4.94. The van der Waals surface area contributed by atoms with Crippen LogP contribution in [0.25, 0.3) is 0 Å². The highest BCUT2D eigenvalue weighted by Gasteiger charge is 2.23. The van der Waals surface area contributed by atoms with E-state index in [9.17, 15) is 9.59 Å². The number of benzene rings is 1. The van der Waals surface area contributed by atoms with Gasteiger partial charge in [0, 0.05) is 26.2 Å². The van der Waals surface area contributed by atoms with Crippen LogP contribution in [0.1, 0.15) is 17.5 Å². The van der Waals surface area contributed by atoms with Gasteiger partial charge in [-0.05, 0) is 18.1 Å². The number of hydrogen-bond donors (Lipinski definition) is 0. The Morgan fingerprint density at radius 1 is 1.10 bits per heavy atom. The fourth-order valence-electron chi connectivity index (χ4n) is 2.47. The highest BCUT2D eigenvalue weighted by Crippen LogP contribution is 2.11. The molecule has 1 aliphatic heterocycles.